The minimum Gasteiger partial charge on any atom is -0.497 e. The standard InChI is InChI=1S/C18H20N2O3/c1-13-10-15(6-9-17(13)23-3)12-19-20-18(21)11-14-4-7-16(22-2)8-5-14/h4-10,12H,11H2,1-3H3,(H,20,21)/b19-12+. The second-order valence-electron chi connectivity index (χ2n) is 5.05. The second-order valence-corrected chi connectivity index (χ2v) is 5.05. The maximum atomic E-state index is 11.8. The fourth-order valence-corrected chi connectivity index (χ4v) is 2.13. The van der Waals surface area contributed by atoms with E-state index in [0.29, 0.717) is 0 Å². The third kappa shape index (κ3) is 4.85. The fraction of sp³-hybridized carbons (Fsp3) is 0.222. The van der Waals surface area contributed by atoms with Gasteiger partial charge in [0.1, 0.15) is 11.5 Å². The number of amides is 1. The summed E-state index contributed by atoms with van der Waals surface area (Å²) in [5.74, 6) is 1.42. The molecule has 0 saturated carbocycles. The van der Waals surface area contributed by atoms with E-state index in [4.69, 9.17) is 9.47 Å². The predicted molar refractivity (Wildman–Crippen MR) is 90.2 cm³/mol. The number of methoxy groups -OCH3 is 2. The van der Waals surface area contributed by atoms with Crippen molar-refractivity contribution in [3.05, 3.63) is 59.2 Å². The van der Waals surface area contributed by atoms with Crippen LogP contribution in [0.25, 0.3) is 0 Å². The Kier molecular flexibility index (Phi) is 5.74. The van der Waals surface area contributed by atoms with E-state index in [1.54, 1.807) is 20.4 Å². The van der Waals surface area contributed by atoms with Gasteiger partial charge < -0.3 is 9.47 Å². The highest BCUT2D eigenvalue weighted by molar-refractivity contribution is 5.83. The van der Waals surface area contributed by atoms with Crippen molar-refractivity contribution in [3.63, 3.8) is 0 Å². The normalized spacial score (nSPS) is 10.6. The van der Waals surface area contributed by atoms with E-state index >= 15 is 0 Å². The first-order chi connectivity index (χ1) is 11.1. The molecule has 0 atom stereocenters. The van der Waals surface area contributed by atoms with E-state index < -0.39 is 0 Å². The molecule has 2 aromatic rings. The minimum absolute atomic E-state index is 0.170. The van der Waals surface area contributed by atoms with Crippen molar-refractivity contribution in [3.8, 4) is 11.5 Å². The van der Waals surface area contributed by atoms with Gasteiger partial charge in [0.15, 0.2) is 0 Å². The van der Waals surface area contributed by atoms with Crippen LogP contribution in [0.15, 0.2) is 47.6 Å². The lowest BCUT2D eigenvalue weighted by Crippen LogP contribution is -2.19. The summed E-state index contributed by atoms with van der Waals surface area (Å²) in [5, 5.41) is 3.98. The second kappa shape index (κ2) is 7.98. The van der Waals surface area contributed by atoms with Gasteiger partial charge >= 0.3 is 0 Å². The minimum atomic E-state index is -0.170. The molecule has 0 unspecified atom stereocenters. The van der Waals surface area contributed by atoms with Crippen LogP contribution in [0.1, 0.15) is 16.7 Å². The summed E-state index contributed by atoms with van der Waals surface area (Å²) < 4.78 is 10.3. The van der Waals surface area contributed by atoms with Gasteiger partial charge in [-0.3, -0.25) is 4.79 Å². The number of nitrogens with one attached hydrogen (secondary N) is 1. The van der Waals surface area contributed by atoms with E-state index in [1.807, 2.05) is 49.4 Å². The Morgan fingerprint density at radius 1 is 1.13 bits per heavy atom. The lowest BCUT2D eigenvalue weighted by atomic mass is 10.1. The van der Waals surface area contributed by atoms with Crippen LogP contribution in [-0.2, 0) is 11.2 Å². The number of benzene rings is 2. The van der Waals surface area contributed by atoms with Crippen molar-refractivity contribution < 1.29 is 14.3 Å². The first kappa shape index (κ1) is 16.5. The maximum Gasteiger partial charge on any atom is 0.244 e. The summed E-state index contributed by atoms with van der Waals surface area (Å²) in [7, 11) is 3.24. The Balaban J connectivity index is 1.89. The van der Waals surface area contributed by atoms with Crippen LogP contribution in [0, 0.1) is 6.92 Å². The average Bonchev–Trinajstić information content (AvgIpc) is 2.56. The highest BCUT2D eigenvalue weighted by Crippen LogP contribution is 2.17. The Morgan fingerprint density at radius 2 is 1.87 bits per heavy atom. The van der Waals surface area contributed by atoms with Crippen LogP contribution in [0.2, 0.25) is 0 Å². The van der Waals surface area contributed by atoms with E-state index in [2.05, 4.69) is 10.5 Å². The van der Waals surface area contributed by atoms with Gasteiger partial charge in [-0.05, 0) is 53.9 Å². The van der Waals surface area contributed by atoms with Gasteiger partial charge in [0, 0.05) is 0 Å². The Hall–Kier alpha value is -2.82. The molecule has 0 bridgehead atoms. The zero-order chi connectivity index (χ0) is 16.7. The monoisotopic (exact) mass is 312 g/mol. The molecular weight excluding hydrogens is 292 g/mol. The quantitative estimate of drug-likeness (QED) is 0.659. The van der Waals surface area contributed by atoms with Crippen LogP contribution < -0.4 is 14.9 Å². The van der Waals surface area contributed by atoms with Gasteiger partial charge in [-0.25, -0.2) is 5.43 Å². The zero-order valence-electron chi connectivity index (χ0n) is 13.5. The Labute approximate surface area is 135 Å². The molecule has 0 spiro atoms. The third-order valence-corrected chi connectivity index (χ3v) is 3.35. The molecule has 0 aliphatic carbocycles. The number of hydrogen-bond acceptors (Lipinski definition) is 4. The Morgan fingerprint density at radius 3 is 2.48 bits per heavy atom. The molecule has 1 N–H and O–H groups in total. The molecule has 1 amide bonds. The molecule has 120 valence electrons. The summed E-state index contributed by atoms with van der Waals surface area (Å²) in [6.07, 6.45) is 1.88. The van der Waals surface area contributed by atoms with Gasteiger partial charge in [-0.15, -0.1) is 0 Å². The van der Waals surface area contributed by atoms with Gasteiger partial charge in [0.25, 0.3) is 0 Å². The molecular formula is C18H20N2O3. The number of carbonyl (C=O) groups is 1. The lowest BCUT2D eigenvalue weighted by molar-refractivity contribution is -0.120. The predicted octanol–water partition coefficient (Wildman–Crippen LogP) is 2.71. The third-order valence-electron chi connectivity index (χ3n) is 3.35. The van der Waals surface area contributed by atoms with Crippen molar-refractivity contribution in [2.75, 3.05) is 14.2 Å². The van der Waals surface area contributed by atoms with Crippen molar-refractivity contribution in [1.82, 2.24) is 5.43 Å². The summed E-state index contributed by atoms with van der Waals surface area (Å²) in [4.78, 5) is 11.8. The molecule has 5 heteroatoms. The molecule has 23 heavy (non-hydrogen) atoms. The van der Waals surface area contributed by atoms with Gasteiger partial charge in [0.05, 0.1) is 26.9 Å². The molecule has 5 nitrogen and oxygen atoms in total. The molecule has 2 aromatic carbocycles. The van der Waals surface area contributed by atoms with Gasteiger partial charge in [-0.1, -0.05) is 12.1 Å². The Bertz CT molecular complexity index is 694. The van der Waals surface area contributed by atoms with Crippen molar-refractivity contribution in [2.24, 2.45) is 5.10 Å². The molecule has 0 aliphatic heterocycles. The molecule has 0 radical (unpaired) electrons. The first-order valence-corrected chi connectivity index (χ1v) is 7.22. The number of hydrazone groups is 1. The molecule has 0 heterocycles. The maximum absolute atomic E-state index is 11.8. The van der Waals surface area contributed by atoms with E-state index in [0.717, 1.165) is 28.2 Å². The fourth-order valence-electron chi connectivity index (χ4n) is 2.13. The summed E-state index contributed by atoms with van der Waals surface area (Å²) in [6.45, 7) is 1.96. The number of nitrogens with zero attached hydrogens (tertiary/aromatic N) is 1. The highest BCUT2D eigenvalue weighted by Gasteiger charge is 2.02. The summed E-state index contributed by atoms with van der Waals surface area (Å²) in [6, 6.07) is 13.1. The summed E-state index contributed by atoms with van der Waals surface area (Å²) in [5.41, 5.74) is 5.34. The van der Waals surface area contributed by atoms with Crippen LogP contribution in [0.5, 0.6) is 11.5 Å². The van der Waals surface area contributed by atoms with Crippen molar-refractivity contribution >= 4 is 12.1 Å². The lowest BCUT2D eigenvalue weighted by Gasteiger charge is -2.05. The van der Waals surface area contributed by atoms with Crippen LogP contribution in [0.4, 0.5) is 0 Å². The number of carbonyl (C=O) groups excluding carboxylic acids is 1. The SMILES string of the molecule is COc1ccc(CC(=O)N/N=C/c2ccc(OC)c(C)c2)cc1. The number of rotatable bonds is 6. The van der Waals surface area contributed by atoms with Crippen LogP contribution in [-0.4, -0.2) is 26.3 Å². The van der Waals surface area contributed by atoms with Gasteiger partial charge in [0.2, 0.25) is 5.91 Å². The molecule has 0 aliphatic rings. The molecule has 0 saturated heterocycles. The largest absolute Gasteiger partial charge is 0.497 e. The topological polar surface area (TPSA) is 59.9 Å². The van der Waals surface area contributed by atoms with E-state index in [1.165, 1.54) is 0 Å². The zero-order valence-corrected chi connectivity index (χ0v) is 13.5. The van der Waals surface area contributed by atoms with Crippen molar-refractivity contribution in [1.29, 1.82) is 0 Å². The average molecular weight is 312 g/mol. The van der Waals surface area contributed by atoms with Crippen molar-refractivity contribution in [2.45, 2.75) is 13.3 Å². The number of hydrogen-bond donors (Lipinski definition) is 1. The van der Waals surface area contributed by atoms with E-state index in [-0.39, 0.29) is 12.3 Å². The van der Waals surface area contributed by atoms with E-state index in [9.17, 15) is 4.79 Å². The summed E-state index contributed by atoms with van der Waals surface area (Å²) >= 11 is 0. The molecule has 0 fully saturated rings. The number of aryl methyl sites for hydroxylation is 1. The van der Waals surface area contributed by atoms with Crippen LogP contribution >= 0.6 is 0 Å². The van der Waals surface area contributed by atoms with Gasteiger partial charge in [-0.2, -0.15) is 5.10 Å². The van der Waals surface area contributed by atoms with Crippen LogP contribution in [0.3, 0.4) is 0 Å². The number of ether oxygens (including phenoxy) is 2. The molecule has 0 aromatic heterocycles. The smallest absolute Gasteiger partial charge is 0.244 e. The molecule has 2 rings (SSSR count). The first-order valence-electron chi connectivity index (χ1n) is 7.22. The highest BCUT2D eigenvalue weighted by atomic mass is 16.5.